The van der Waals surface area contributed by atoms with Crippen molar-refractivity contribution in [2.75, 3.05) is 23.9 Å². The smallest absolute Gasteiger partial charge is 0.338 e. The van der Waals surface area contributed by atoms with Gasteiger partial charge in [0.2, 0.25) is 11.8 Å². The molecule has 0 aromatic heterocycles. The average molecular weight is 525 g/mol. The lowest BCUT2D eigenvalue weighted by atomic mass is 9.73. The predicted molar refractivity (Wildman–Crippen MR) is 143 cm³/mol. The first-order valence-corrected chi connectivity index (χ1v) is 13.1. The van der Waals surface area contributed by atoms with Crippen LogP contribution in [0.25, 0.3) is 0 Å². The minimum absolute atomic E-state index is 0.140. The van der Waals surface area contributed by atoms with E-state index < -0.39 is 18.5 Å². The summed E-state index contributed by atoms with van der Waals surface area (Å²) in [6, 6.07) is 23.3. The molecule has 2 aliphatic carbocycles. The van der Waals surface area contributed by atoms with E-state index in [1.54, 1.807) is 43.5 Å². The molecule has 5 atom stereocenters. The van der Waals surface area contributed by atoms with Crippen LogP contribution in [0.1, 0.15) is 34.7 Å². The van der Waals surface area contributed by atoms with Gasteiger partial charge in [-0.1, -0.05) is 36.4 Å². The molecule has 1 saturated heterocycles. The van der Waals surface area contributed by atoms with E-state index in [1.807, 2.05) is 18.2 Å². The number of methoxy groups -OCH3 is 1. The maximum absolute atomic E-state index is 13.6. The number of carbonyl (C=O) groups is 4. The van der Waals surface area contributed by atoms with E-state index >= 15 is 0 Å². The van der Waals surface area contributed by atoms with Crippen molar-refractivity contribution in [3.05, 3.63) is 90.0 Å². The Morgan fingerprint density at radius 2 is 1.64 bits per heavy atom. The molecule has 3 aromatic rings. The van der Waals surface area contributed by atoms with Crippen LogP contribution in [0, 0.1) is 23.7 Å². The SMILES string of the molecule is COc1ccc(NC(=O)COC(=O)c2cccc(N3C(=O)[C@@H]4[C@@H]5C[C@@H]([C@@H]4C3=O)[C@@H](c3ccccc3)C5)c2)cc1. The van der Waals surface area contributed by atoms with E-state index in [2.05, 4.69) is 17.4 Å². The van der Waals surface area contributed by atoms with Gasteiger partial charge in [-0.3, -0.25) is 19.3 Å². The highest BCUT2D eigenvalue weighted by atomic mass is 16.5. The molecular weight excluding hydrogens is 496 g/mol. The third kappa shape index (κ3) is 4.46. The Bertz CT molecular complexity index is 1440. The number of nitrogens with one attached hydrogen (secondary N) is 1. The number of hydrogen-bond acceptors (Lipinski definition) is 6. The fourth-order valence-electron chi connectivity index (χ4n) is 6.66. The number of benzene rings is 3. The molecule has 198 valence electrons. The topological polar surface area (TPSA) is 102 Å². The summed E-state index contributed by atoms with van der Waals surface area (Å²) in [5.41, 5.74) is 2.28. The first-order chi connectivity index (χ1) is 18.9. The van der Waals surface area contributed by atoms with Crippen molar-refractivity contribution in [3.8, 4) is 5.75 Å². The molecule has 8 nitrogen and oxygen atoms in total. The van der Waals surface area contributed by atoms with Gasteiger partial charge in [-0.25, -0.2) is 4.79 Å². The molecular formula is C31H28N2O6. The first kappa shape index (κ1) is 24.9. The van der Waals surface area contributed by atoms with Crippen molar-refractivity contribution in [2.24, 2.45) is 23.7 Å². The largest absolute Gasteiger partial charge is 0.497 e. The minimum Gasteiger partial charge on any atom is -0.497 e. The third-order valence-corrected chi connectivity index (χ3v) is 8.29. The Morgan fingerprint density at radius 1 is 0.897 bits per heavy atom. The van der Waals surface area contributed by atoms with Gasteiger partial charge in [-0.05, 0) is 78.6 Å². The summed E-state index contributed by atoms with van der Waals surface area (Å²) in [4.78, 5) is 53.3. The summed E-state index contributed by atoms with van der Waals surface area (Å²) < 4.78 is 10.3. The van der Waals surface area contributed by atoms with Gasteiger partial charge >= 0.3 is 5.97 Å². The number of rotatable bonds is 7. The molecule has 1 N–H and O–H groups in total. The van der Waals surface area contributed by atoms with Gasteiger partial charge in [0.15, 0.2) is 6.61 Å². The molecule has 3 fully saturated rings. The molecule has 1 heterocycles. The van der Waals surface area contributed by atoms with Crippen LogP contribution in [-0.2, 0) is 19.1 Å². The summed E-state index contributed by atoms with van der Waals surface area (Å²) in [6.45, 7) is -0.481. The van der Waals surface area contributed by atoms with E-state index in [0.717, 1.165) is 12.8 Å². The van der Waals surface area contributed by atoms with Gasteiger partial charge < -0.3 is 14.8 Å². The van der Waals surface area contributed by atoms with Crippen molar-refractivity contribution in [1.82, 2.24) is 0 Å². The molecule has 8 heteroatoms. The van der Waals surface area contributed by atoms with Crippen LogP contribution in [0.3, 0.4) is 0 Å². The molecule has 2 saturated carbocycles. The van der Waals surface area contributed by atoms with Crippen molar-refractivity contribution in [3.63, 3.8) is 0 Å². The third-order valence-electron chi connectivity index (χ3n) is 8.29. The number of anilines is 2. The highest BCUT2D eigenvalue weighted by Crippen LogP contribution is 2.61. The number of amides is 3. The summed E-state index contributed by atoms with van der Waals surface area (Å²) >= 11 is 0. The van der Waals surface area contributed by atoms with E-state index in [9.17, 15) is 19.2 Å². The first-order valence-electron chi connectivity index (χ1n) is 13.1. The molecule has 1 aliphatic heterocycles. The quantitative estimate of drug-likeness (QED) is 0.363. The lowest BCUT2D eigenvalue weighted by Crippen LogP contribution is -2.33. The molecule has 0 unspecified atom stereocenters. The van der Waals surface area contributed by atoms with Crippen LogP contribution >= 0.6 is 0 Å². The second-order valence-electron chi connectivity index (χ2n) is 10.4. The Balaban J connectivity index is 1.12. The monoisotopic (exact) mass is 524 g/mol. The van der Waals surface area contributed by atoms with E-state index in [4.69, 9.17) is 9.47 Å². The molecule has 2 bridgehead atoms. The zero-order valence-corrected chi connectivity index (χ0v) is 21.4. The number of esters is 1. The molecule has 0 radical (unpaired) electrons. The van der Waals surface area contributed by atoms with Crippen LogP contribution in [0.2, 0.25) is 0 Å². The highest BCUT2D eigenvalue weighted by molar-refractivity contribution is 6.23. The van der Waals surface area contributed by atoms with Gasteiger partial charge in [0.1, 0.15) is 5.75 Å². The zero-order chi connectivity index (χ0) is 27.1. The number of hydrogen-bond donors (Lipinski definition) is 1. The lowest BCUT2D eigenvalue weighted by Gasteiger charge is -2.28. The van der Waals surface area contributed by atoms with Crippen LogP contribution in [0.4, 0.5) is 11.4 Å². The Kier molecular flexibility index (Phi) is 6.38. The number of imide groups is 1. The average Bonchev–Trinajstić information content (AvgIpc) is 3.63. The highest BCUT2D eigenvalue weighted by Gasteiger charge is 2.64. The maximum Gasteiger partial charge on any atom is 0.338 e. The second-order valence-corrected chi connectivity index (χ2v) is 10.4. The van der Waals surface area contributed by atoms with Crippen LogP contribution in [0.15, 0.2) is 78.9 Å². The standard InChI is InChI=1S/C31H28N2O6/c1-38-23-12-10-21(11-13-23)32-26(34)17-39-31(37)19-8-5-9-22(14-19)33-29(35)27-20-15-24(18-6-3-2-4-7-18)25(16-20)28(27)30(33)36/h2-14,20,24-25,27-28H,15-17H2,1H3,(H,32,34)/t20-,24+,25+,27+,28-/m0/s1. The normalized spacial score (nSPS) is 24.9. The van der Waals surface area contributed by atoms with Crippen LogP contribution in [0.5, 0.6) is 5.75 Å². The van der Waals surface area contributed by atoms with Crippen molar-refractivity contribution < 1.29 is 28.7 Å². The maximum atomic E-state index is 13.6. The summed E-state index contributed by atoms with van der Waals surface area (Å²) in [5, 5.41) is 2.65. The summed E-state index contributed by atoms with van der Waals surface area (Å²) in [5.74, 6) is -0.975. The van der Waals surface area contributed by atoms with Crippen molar-refractivity contribution >= 4 is 35.1 Å². The Labute approximate surface area is 225 Å². The summed E-state index contributed by atoms with van der Waals surface area (Å²) in [6.07, 6.45) is 1.80. The van der Waals surface area contributed by atoms with Crippen LogP contribution in [-0.4, -0.2) is 37.4 Å². The molecule has 39 heavy (non-hydrogen) atoms. The number of carbonyl (C=O) groups excluding carboxylic acids is 4. The zero-order valence-electron chi connectivity index (χ0n) is 21.4. The molecule has 6 rings (SSSR count). The number of nitrogens with zero attached hydrogens (tertiary/aromatic N) is 1. The van der Waals surface area contributed by atoms with E-state index in [0.29, 0.717) is 17.1 Å². The van der Waals surface area contributed by atoms with Gasteiger partial charge in [0, 0.05) is 5.69 Å². The Hall–Kier alpha value is -4.46. The predicted octanol–water partition coefficient (Wildman–Crippen LogP) is 4.42. The van der Waals surface area contributed by atoms with Gasteiger partial charge in [-0.2, -0.15) is 0 Å². The molecule has 3 amide bonds. The number of fused-ring (bicyclic) bond motifs is 5. The van der Waals surface area contributed by atoms with Gasteiger partial charge in [0.25, 0.3) is 5.91 Å². The fourth-order valence-corrected chi connectivity index (χ4v) is 6.66. The molecule has 3 aliphatic rings. The van der Waals surface area contributed by atoms with E-state index in [-0.39, 0.29) is 47.0 Å². The summed E-state index contributed by atoms with van der Waals surface area (Å²) in [7, 11) is 1.55. The van der Waals surface area contributed by atoms with Crippen molar-refractivity contribution in [1.29, 1.82) is 0 Å². The fraction of sp³-hybridized carbons (Fsp3) is 0.290. The molecule has 3 aromatic carbocycles. The second kappa shape index (κ2) is 10.0. The van der Waals surface area contributed by atoms with Crippen molar-refractivity contribution in [2.45, 2.75) is 18.8 Å². The molecule has 0 spiro atoms. The van der Waals surface area contributed by atoms with Gasteiger partial charge in [-0.15, -0.1) is 0 Å². The minimum atomic E-state index is -0.717. The lowest BCUT2D eigenvalue weighted by molar-refractivity contribution is -0.123. The Morgan fingerprint density at radius 3 is 2.38 bits per heavy atom. The van der Waals surface area contributed by atoms with Crippen LogP contribution < -0.4 is 15.0 Å². The number of ether oxygens (including phenoxy) is 2. The van der Waals surface area contributed by atoms with Gasteiger partial charge in [0.05, 0.1) is 30.2 Å². The van der Waals surface area contributed by atoms with E-state index in [1.165, 1.54) is 22.6 Å².